The zero-order chi connectivity index (χ0) is 7.40. The normalized spacial score (nSPS) is 10.5. The number of oxime groups is 1. The summed E-state index contributed by atoms with van der Waals surface area (Å²) in [5.74, 6) is 0. The summed E-state index contributed by atoms with van der Waals surface area (Å²) in [4.78, 5) is 0. The summed E-state index contributed by atoms with van der Waals surface area (Å²) in [6.45, 7) is 2.01. The first kappa shape index (κ1) is 6.81. The molecular weight excluding hydrogens is 126 g/mol. The summed E-state index contributed by atoms with van der Waals surface area (Å²) in [7, 11) is 0. The van der Waals surface area contributed by atoms with Crippen LogP contribution in [0.2, 0.25) is 0 Å². The van der Waals surface area contributed by atoms with Gasteiger partial charge in [0, 0.05) is 0 Å². The fraction of sp³-hybridized carbons (Fsp3) is 0.125. The van der Waals surface area contributed by atoms with Crippen LogP contribution in [0.25, 0.3) is 0 Å². The number of hydrogen-bond donors (Lipinski definition) is 1. The summed E-state index contributed by atoms with van der Waals surface area (Å²) in [6.07, 6.45) is 1.40. The van der Waals surface area contributed by atoms with Crippen molar-refractivity contribution in [2.75, 3.05) is 0 Å². The minimum Gasteiger partial charge on any atom is -0.411 e. The Morgan fingerprint density at radius 1 is 1.30 bits per heavy atom. The van der Waals surface area contributed by atoms with Crippen molar-refractivity contribution in [1.29, 1.82) is 0 Å². The van der Waals surface area contributed by atoms with E-state index in [0.717, 1.165) is 5.56 Å². The van der Waals surface area contributed by atoms with Gasteiger partial charge >= 0.3 is 0 Å². The van der Waals surface area contributed by atoms with Gasteiger partial charge in [-0.25, -0.2) is 0 Å². The lowest BCUT2D eigenvalue weighted by Crippen LogP contribution is -1.79. The third-order valence-corrected chi connectivity index (χ3v) is 1.28. The monoisotopic (exact) mass is 135 g/mol. The fourth-order valence-electron chi connectivity index (χ4n) is 0.719. The van der Waals surface area contributed by atoms with E-state index in [1.807, 2.05) is 31.2 Å². The maximum Gasteiger partial charge on any atom is 0.0733 e. The molecule has 0 aliphatic heterocycles. The lowest BCUT2D eigenvalue weighted by Gasteiger charge is -1.91. The average Bonchev–Trinajstić information content (AvgIpc) is 1.95. The highest BCUT2D eigenvalue weighted by Crippen LogP contribution is 1.99. The first-order valence-electron chi connectivity index (χ1n) is 3.07. The van der Waals surface area contributed by atoms with Crippen LogP contribution in [0.5, 0.6) is 0 Å². The van der Waals surface area contributed by atoms with Crippen LogP contribution in [0.4, 0.5) is 0 Å². The van der Waals surface area contributed by atoms with E-state index in [1.165, 1.54) is 11.8 Å². The third-order valence-electron chi connectivity index (χ3n) is 1.28. The number of hydrogen-bond acceptors (Lipinski definition) is 2. The second kappa shape index (κ2) is 3.01. The smallest absolute Gasteiger partial charge is 0.0733 e. The second-order valence-corrected chi connectivity index (χ2v) is 2.16. The van der Waals surface area contributed by atoms with E-state index in [4.69, 9.17) is 5.21 Å². The molecule has 0 spiro atoms. The molecule has 1 aromatic rings. The average molecular weight is 135 g/mol. The van der Waals surface area contributed by atoms with Crippen LogP contribution >= 0.6 is 0 Å². The van der Waals surface area contributed by atoms with Crippen LogP contribution in [0.15, 0.2) is 29.4 Å². The summed E-state index contributed by atoms with van der Waals surface area (Å²) < 4.78 is 0. The van der Waals surface area contributed by atoms with Crippen LogP contribution in [-0.2, 0) is 0 Å². The van der Waals surface area contributed by atoms with Gasteiger partial charge in [0.25, 0.3) is 0 Å². The molecule has 0 atom stereocenters. The van der Waals surface area contributed by atoms with Crippen LogP contribution in [-0.4, -0.2) is 11.4 Å². The molecule has 0 heterocycles. The van der Waals surface area contributed by atoms with Crippen LogP contribution < -0.4 is 0 Å². The quantitative estimate of drug-likeness (QED) is 0.355. The molecule has 0 saturated carbocycles. The molecule has 0 aliphatic rings. The van der Waals surface area contributed by atoms with E-state index < -0.39 is 0 Å². The molecule has 0 bridgehead atoms. The molecule has 1 N–H and O–H groups in total. The molecule has 10 heavy (non-hydrogen) atoms. The largest absolute Gasteiger partial charge is 0.411 e. The fourth-order valence-corrected chi connectivity index (χ4v) is 0.719. The number of rotatable bonds is 1. The van der Waals surface area contributed by atoms with Crippen molar-refractivity contribution in [2.45, 2.75) is 6.92 Å². The Balaban J connectivity index is 2.89. The van der Waals surface area contributed by atoms with Crippen molar-refractivity contribution in [3.05, 3.63) is 35.4 Å². The molecule has 1 rings (SSSR count). The summed E-state index contributed by atoms with van der Waals surface area (Å²) in [5.41, 5.74) is 2.11. The summed E-state index contributed by atoms with van der Waals surface area (Å²) in [6, 6.07) is 7.73. The number of benzene rings is 1. The predicted octanol–water partition coefficient (Wildman–Crippen LogP) is 1.80. The van der Waals surface area contributed by atoms with Crippen molar-refractivity contribution in [3.8, 4) is 0 Å². The van der Waals surface area contributed by atoms with Crippen LogP contribution in [0, 0.1) is 6.92 Å². The standard InChI is InChI=1S/C8H9NO/c1-7-2-4-8(5-3-7)6-9-10/h2-6,10H,1H3/b9-6-. The second-order valence-electron chi connectivity index (χ2n) is 2.16. The topological polar surface area (TPSA) is 32.6 Å². The molecule has 2 nitrogen and oxygen atoms in total. The summed E-state index contributed by atoms with van der Waals surface area (Å²) >= 11 is 0. The first-order valence-corrected chi connectivity index (χ1v) is 3.07. The van der Waals surface area contributed by atoms with E-state index in [9.17, 15) is 0 Å². The molecule has 0 amide bonds. The minimum atomic E-state index is 0.910. The molecule has 52 valence electrons. The van der Waals surface area contributed by atoms with Gasteiger partial charge < -0.3 is 5.21 Å². The predicted molar refractivity (Wildman–Crippen MR) is 40.6 cm³/mol. The molecular formula is C8H9NO. The highest BCUT2D eigenvalue weighted by atomic mass is 16.4. The van der Waals surface area contributed by atoms with Gasteiger partial charge in [-0.3, -0.25) is 0 Å². The highest BCUT2D eigenvalue weighted by Gasteiger charge is 1.84. The molecule has 0 saturated heterocycles. The maximum absolute atomic E-state index is 8.16. The van der Waals surface area contributed by atoms with Gasteiger partial charge in [0.1, 0.15) is 0 Å². The van der Waals surface area contributed by atoms with Crippen molar-refractivity contribution in [1.82, 2.24) is 0 Å². The van der Waals surface area contributed by atoms with E-state index in [0.29, 0.717) is 0 Å². The molecule has 0 fully saturated rings. The Morgan fingerprint density at radius 2 is 1.90 bits per heavy atom. The zero-order valence-corrected chi connectivity index (χ0v) is 5.78. The van der Waals surface area contributed by atoms with E-state index in [1.54, 1.807) is 0 Å². The van der Waals surface area contributed by atoms with Gasteiger partial charge in [-0.2, -0.15) is 0 Å². The molecule has 0 aliphatic carbocycles. The van der Waals surface area contributed by atoms with Gasteiger partial charge in [0.05, 0.1) is 6.21 Å². The van der Waals surface area contributed by atoms with Gasteiger partial charge in [-0.1, -0.05) is 35.0 Å². The first-order chi connectivity index (χ1) is 4.83. The van der Waals surface area contributed by atoms with Gasteiger partial charge in [0.15, 0.2) is 0 Å². The molecule has 0 unspecified atom stereocenters. The SMILES string of the molecule is Cc1ccc(/C=N\O)cc1. The molecule has 0 aromatic heterocycles. The highest BCUT2D eigenvalue weighted by molar-refractivity contribution is 5.78. The molecule has 2 heteroatoms. The molecule has 1 aromatic carbocycles. The lowest BCUT2D eigenvalue weighted by molar-refractivity contribution is 0.322. The van der Waals surface area contributed by atoms with Gasteiger partial charge in [0.2, 0.25) is 0 Å². The Bertz CT molecular complexity index is 226. The Labute approximate surface area is 59.8 Å². The van der Waals surface area contributed by atoms with E-state index in [2.05, 4.69) is 5.16 Å². The van der Waals surface area contributed by atoms with Crippen molar-refractivity contribution in [2.24, 2.45) is 5.16 Å². The Kier molecular flexibility index (Phi) is 2.05. The van der Waals surface area contributed by atoms with E-state index >= 15 is 0 Å². The Hall–Kier alpha value is -1.31. The number of aryl methyl sites for hydroxylation is 1. The third kappa shape index (κ3) is 1.58. The van der Waals surface area contributed by atoms with Crippen LogP contribution in [0.3, 0.4) is 0 Å². The minimum absolute atomic E-state index is 0.910. The van der Waals surface area contributed by atoms with Gasteiger partial charge in [-0.15, -0.1) is 0 Å². The Morgan fingerprint density at radius 3 is 2.40 bits per heavy atom. The van der Waals surface area contributed by atoms with Crippen molar-refractivity contribution in [3.63, 3.8) is 0 Å². The zero-order valence-electron chi connectivity index (χ0n) is 5.78. The molecule has 0 radical (unpaired) electrons. The van der Waals surface area contributed by atoms with Crippen molar-refractivity contribution >= 4 is 6.21 Å². The summed E-state index contributed by atoms with van der Waals surface area (Å²) in [5, 5.41) is 11.1. The van der Waals surface area contributed by atoms with Crippen molar-refractivity contribution < 1.29 is 5.21 Å². The van der Waals surface area contributed by atoms with Crippen LogP contribution in [0.1, 0.15) is 11.1 Å². The maximum atomic E-state index is 8.16. The lowest BCUT2D eigenvalue weighted by atomic mass is 10.2. The van der Waals surface area contributed by atoms with Gasteiger partial charge in [-0.05, 0) is 12.5 Å². The number of nitrogens with zero attached hydrogens (tertiary/aromatic N) is 1. The van der Waals surface area contributed by atoms with E-state index in [-0.39, 0.29) is 0 Å².